The predicted molar refractivity (Wildman–Crippen MR) is 112 cm³/mol. The minimum atomic E-state index is 0.881. The Morgan fingerprint density at radius 1 is 0.731 bits per heavy atom. The molecule has 0 amide bonds. The zero-order chi connectivity index (χ0) is 18.2. The zero-order valence-electron chi connectivity index (χ0n) is 17.2. The van der Waals surface area contributed by atoms with Crippen molar-refractivity contribution < 1.29 is 4.74 Å². The van der Waals surface area contributed by atoms with Crippen molar-refractivity contribution in [2.24, 2.45) is 23.7 Å². The Hall–Kier alpha value is -0.980. The van der Waals surface area contributed by atoms with Gasteiger partial charge >= 0.3 is 0 Å². The molecule has 1 heteroatoms. The summed E-state index contributed by atoms with van der Waals surface area (Å²) < 4.78 is 5.98. The predicted octanol–water partition coefficient (Wildman–Crippen LogP) is 7.43. The monoisotopic (exact) mass is 356 g/mol. The molecule has 0 saturated heterocycles. The van der Waals surface area contributed by atoms with Crippen LogP contribution in [0.4, 0.5) is 0 Å². The van der Waals surface area contributed by atoms with Crippen LogP contribution in [-0.4, -0.2) is 6.61 Å². The molecule has 1 aromatic carbocycles. The van der Waals surface area contributed by atoms with E-state index in [1.165, 1.54) is 82.6 Å². The molecule has 2 aliphatic carbocycles. The molecule has 2 fully saturated rings. The molecule has 0 aliphatic heterocycles. The Morgan fingerprint density at radius 3 is 1.85 bits per heavy atom. The maximum atomic E-state index is 5.98. The first-order valence-corrected chi connectivity index (χ1v) is 11.4. The number of hydrogen-bond acceptors (Lipinski definition) is 1. The summed E-state index contributed by atoms with van der Waals surface area (Å²) in [5.74, 6) is 4.90. The second kappa shape index (κ2) is 10.4. The lowest BCUT2D eigenvalue weighted by Gasteiger charge is -2.26. The van der Waals surface area contributed by atoms with E-state index in [2.05, 4.69) is 38.1 Å². The first-order valence-electron chi connectivity index (χ1n) is 11.4. The molecule has 1 nitrogen and oxygen atoms in total. The Kier molecular flexibility index (Phi) is 7.89. The summed E-state index contributed by atoms with van der Waals surface area (Å²) in [6.07, 6.45) is 16.7. The summed E-state index contributed by atoms with van der Waals surface area (Å²) >= 11 is 0. The summed E-state index contributed by atoms with van der Waals surface area (Å²) in [5, 5.41) is 0. The minimum Gasteiger partial charge on any atom is -0.494 e. The van der Waals surface area contributed by atoms with E-state index in [0.29, 0.717) is 0 Å². The number of aryl methyl sites for hydroxylation is 1. The van der Waals surface area contributed by atoms with Crippen LogP contribution >= 0.6 is 0 Å². The molecule has 26 heavy (non-hydrogen) atoms. The maximum absolute atomic E-state index is 5.98. The average molecular weight is 357 g/mol. The van der Waals surface area contributed by atoms with Crippen molar-refractivity contribution in [3.8, 4) is 5.75 Å². The van der Waals surface area contributed by atoms with Crippen LogP contribution in [0.25, 0.3) is 0 Å². The molecule has 146 valence electrons. The summed E-state index contributed by atoms with van der Waals surface area (Å²) in [6, 6.07) is 8.92. The highest BCUT2D eigenvalue weighted by molar-refractivity contribution is 5.27. The van der Waals surface area contributed by atoms with E-state index in [1.54, 1.807) is 0 Å². The third-order valence-electron chi connectivity index (χ3n) is 7.06. The standard InChI is InChI=1S/C25H40O/c1-20-5-9-22(10-6-20)4-3-19-26-25-17-15-24(16-18-25)14-13-23-11-7-21(2)8-12-23/h15-18,20-23H,3-14,19H2,1-2H3/t20-,21-,22-,23-. The van der Waals surface area contributed by atoms with Gasteiger partial charge in [-0.2, -0.15) is 0 Å². The van der Waals surface area contributed by atoms with Gasteiger partial charge in [0.15, 0.2) is 0 Å². The van der Waals surface area contributed by atoms with Crippen molar-refractivity contribution in [3.63, 3.8) is 0 Å². The summed E-state index contributed by atoms with van der Waals surface area (Å²) in [5.41, 5.74) is 1.48. The van der Waals surface area contributed by atoms with Gasteiger partial charge in [0.1, 0.15) is 5.75 Å². The molecule has 0 radical (unpaired) electrons. The molecule has 0 heterocycles. The fraction of sp³-hybridized carbons (Fsp3) is 0.760. The molecule has 2 aliphatic rings. The molecule has 0 N–H and O–H groups in total. The van der Waals surface area contributed by atoms with Crippen molar-refractivity contribution in [1.29, 1.82) is 0 Å². The van der Waals surface area contributed by atoms with Crippen molar-refractivity contribution in [1.82, 2.24) is 0 Å². The van der Waals surface area contributed by atoms with Gasteiger partial charge in [-0.05, 0) is 67.1 Å². The van der Waals surface area contributed by atoms with Crippen LogP contribution in [0, 0.1) is 23.7 Å². The van der Waals surface area contributed by atoms with Crippen LogP contribution in [-0.2, 0) is 6.42 Å². The van der Waals surface area contributed by atoms with Gasteiger partial charge in [-0.1, -0.05) is 77.3 Å². The first-order chi connectivity index (χ1) is 12.7. The van der Waals surface area contributed by atoms with Crippen molar-refractivity contribution >= 4 is 0 Å². The summed E-state index contributed by atoms with van der Waals surface area (Å²) in [7, 11) is 0. The quantitative estimate of drug-likeness (QED) is 0.440. The Bertz CT molecular complexity index is 489. The van der Waals surface area contributed by atoms with E-state index in [9.17, 15) is 0 Å². The number of ether oxygens (including phenoxy) is 1. The van der Waals surface area contributed by atoms with Gasteiger partial charge in [0.25, 0.3) is 0 Å². The van der Waals surface area contributed by atoms with Crippen molar-refractivity contribution in [3.05, 3.63) is 29.8 Å². The molecule has 0 aromatic heterocycles. The van der Waals surface area contributed by atoms with Crippen LogP contribution in [0.1, 0.15) is 90.0 Å². The number of hydrogen-bond donors (Lipinski definition) is 0. The average Bonchev–Trinajstić information content (AvgIpc) is 2.67. The Balaban J connectivity index is 1.29. The minimum absolute atomic E-state index is 0.881. The van der Waals surface area contributed by atoms with Crippen molar-refractivity contribution in [2.45, 2.75) is 90.9 Å². The topological polar surface area (TPSA) is 9.23 Å². The normalized spacial score (nSPS) is 29.5. The fourth-order valence-corrected chi connectivity index (χ4v) is 4.92. The van der Waals surface area contributed by atoms with E-state index in [-0.39, 0.29) is 0 Å². The molecule has 3 rings (SSSR count). The highest BCUT2D eigenvalue weighted by Crippen LogP contribution is 2.32. The van der Waals surface area contributed by atoms with Gasteiger partial charge in [0.2, 0.25) is 0 Å². The zero-order valence-corrected chi connectivity index (χ0v) is 17.2. The van der Waals surface area contributed by atoms with E-state index in [0.717, 1.165) is 36.0 Å². The van der Waals surface area contributed by atoms with E-state index < -0.39 is 0 Å². The second-order valence-corrected chi connectivity index (χ2v) is 9.43. The third-order valence-corrected chi connectivity index (χ3v) is 7.06. The van der Waals surface area contributed by atoms with Gasteiger partial charge in [-0.3, -0.25) is 0 Å². The first kappa shape index (κ1) is 19.8. The van der Waals surface area contributed by atoms with Crippen LogP contribution in [0.5, 0.6) is 5.75 Å². The van der Waals surface area contributed by atoms with Crippen LogP contribution in [0.3, 0.4) is 0 Å². The van der Waals surface area contributed by atoms with Gasteiger partial charge in [0, 0.05) is 0 Å². The summed E-state index contributed by atoms with van der Waals surface area (Å²) in [4.78, 5) is 0. The largest absolute Gasteiger partial charge is 0.494 e. The molecule has 2 saturated carbocycles. The number of benzene rings is 1. The Labute approximate surface area is 161 Å². The smallest absolute Gasteiger partial charge is 0.119 e. The number of rotatable bonds is 8. The van der Waals surface area contributed by atoms with Crippen LogP contribution in [0.2, 0.25) is 0 Å². The van der Waals surface area contributed by atoms with E-state index in [4.69, 9.17) is 4.74 Å². The molecule has 0 atom stereocenters. The highest BCUT2D eigenvalue weighted by Gasteiger charge is 2.18. The van der Waals surface area contributed by atoms with Crippen molar-refractivity contribution in [2.75, 3.05) is 6.61 Å². The SMILES string of the molecule is C[C@H]1CC[C@H](CCCOc2ccc(CC[C@H]3CC[C@H](C)CC3)cc2)CC1. The van der Waals surface area contributed by atoms with Gasteiger partial charge < -0.3 is 4.74 Å². The third kappa shape index (κ3) is 6.63. The lowest BCUT2D eigenvalue weighted by molar-refractivity contribution is 0.245. The van der Waals surface area contributed by atoms with Gasteiger partial charge in [0.05, 0.1) is 6.61 Å². The molecule has 0 bridgehead atoms. The molecule has 0 unspecified atom stereocenters. The lowest BCUT2D eigenvalue weighted by atomic mass is 9.80. The van der Waals surface area contributed by atoms with Crippen LogP contribution in [0.15, 0.2) is 24.3 Å². The second-order valence-electron chi connectivity index (χ2n) is 9.43. The van der Waals surface area contributed by atoms with E-state index >= 15 is 0 Å². The fourth-order valence-electron chi connectivity index (χ4n) is 4.92. The highest BCUT2D eigenvalue weighted by atomic mass is 16.5. The lowest BCUT2D eigenvalue weighted by Crippen LogP contribution is -2.13. The Morgan fingerprint density at radius 2 is 1.27 bits per heavy atom. The van der Waals surface area contributed by atoms with E-state index in [1.807, 2.05) is 0 Å². The molecule has 1 aromatic rings. The van der Waals surface area contributed by atoms with Crippen LogP contribution < -0.4 is 4.74 Å². The van der Waals surface area contributed by atoms with Gasteiger partial charge in [-0.15, -0.1) is 0 Å². The maximum Gasteiger partial charge on any atom is 0.119 e. The molecular weight excluding hydrogens is 316 g/mol. The molecular formula is C25H40O. The van der Waals surface area contributed by atoms with Gasteiger partial charge in [-0.25, -0.2) is 0 Å². The molecule has 0 spiro atoms. The summed E-state index contributed by atoms with van der Waals surface area (Å²) in [6.45, 7) is 5.69.